The third-order valence-corrected chi connectivity index (χ3v) is 3.08. The Balaban J connectivity index is 2.03. The Kier molecular flexibility index (Phi) is 2.70. The van der Waals surface area contributed by atoms with E-state index in [9.17, 15) is 0 Å². The minimum Gasteiger partial charge on any atom is -0.257 e. The third-order valence-electron chi connectivity index (χ3n) is 3.08. The first-order valence-electron chi connectivity index (χ1n) is 5.99. The Bertz CT molecular complexity index is 544. The van der Waals surface area contributed by atoms with Crippen LogP contribution in [0.5, 0.6) is 0 Å². The van der Waals surface area contributed by atoms with Crippen LogP contribution >= 0.6 is 0 Å². The van der Waals surface area contributed by atoms with Gasteiger partial charge in [0.15, 0.2) is 0 Å². The fraction of sp³-hybridized carbons (Fsp3) is 0.200. The lowest BCUT2D eigenvalue weighted by molar-refractivity contribution is 0.779. The number of hydrogen-bond donors (Lipinski definition) is 0. The Morgan fingerprint density at radius 1 is 0.941 bits per heavy atom. The number of aromatic nitrogens is 2. The smallest absolute Gasteiger partial charge is 0.0877 e. The SMILES string of the molecule is C(=C1/CCCc2nccnc21)/c1ccccc1. The molecule has 84 valence electrons. The fourth-order valence-electron chi connectivity index (χ4n) is 2.27. The van der Waals surface area contributed by atoms with Crippen molar-refractivity contribution in [3.8, 4) is 0 Å². The van der Waals surface area contributed by atoms with E-state index in [-0.39, 0.29) is 0 Å². The molecule has 0 bridgehead atoms. The first kappa shape index (κ1) is 10.2. The molecule has 0 amide bonds. The van der Waals surface area contributed by atoms with E-state index < -0.39 is 0 Å². The van der Waals surface area contributed by atoms with Crippen LogP contribution in [0.2, 0.25) is 0 Å². The van der Waals surface area contributed by atoms with Crippen molar-refractivity contribution in [1.29, 1.82) is 0 Å². The standard InChI is InChI=1S/C15H14N2/c1-2-5-12(6-3-1)11-13-7-4-8-14-15(13)17-10-9-16-14/h1-3,5-6,9-11H,4,7-8H2/b13-11+. The summed E-state index contributed by atoms with van der Waals surface area (Å²) in [6.45, 7) is 0. The number of hydrogen-bond acceptors (Lipinski definition) is 2. The van der Waals surface area contributed by atoms with E-state index >= 15 is 0 Å². The maximum Gasteiger partial charge on any atom is 0.0877 e. The molecule has 1 aromatic heterocycles. The molecule has 0 unspecified atom stereocenters. The molecular formula is C15H14N2. The molecule has 2 nitrogen and oxygen atoms in total. The van der Waals surface area contributed by atoms with Gasteiger partial charge in [-0.05, 0) is 36.5 Å². The highest BCUT2D eigenvalue weighted by molar-refractivity contribution is 5.81. The van der Waals surface area contributed by atoms with Gasteiger partial charge in [-0.1, -0.05) is 30.3 Å². The molecule has 1 aromatic carbocycles. The number of fused-ring (bicyclic) bond motifs is 1. The summed E-state index contributed by atoms with van der Waals surface area (Å²) in [6.07, 6.45) is 9.11. The zero-order chi connectivity index (χ0) is 11.5. The van der Waals surface area contributed by atoms with Crippen LogP contribution < -0.4 is 0 Å². The Morgan fingerprint density at radius 2 is 1.76 bits per heavy atom. The van der Waals surface area contributed by atoms with Gasteiger partial charge in [0, 0.05) is 12.4 Å². The summed E-state index contributed by atoms with van der Waals surface area (Å²) in [5.41, 5.74) is 4.77. The van der Waals surface area contributed by atoms with Crippen LogP contribution in [0.3, 0.4) is 0 Å². The summed E-state index contributed by atoms with van der Waals surface area (Å²) >= 11 is 0. The van der Waals surface area contributed by atoms with Crippen molar-refractivity contribution < 1.29 is 0 Å². The maximum absolute atomic E-state index is 4.47. The molecule has 0 N–H and O–H groups in total. The third kappa shape index (κ3) is 2.11. The topological polar surface area (TPSA) is 25.8 Å². The summed E-state index contributed by atoms with van der Waals surface area (Å²) in [5.74, 6) is 0. The molecular weight excluding hydrogens is 208 g/mol. The van der Waals surface area contributed by atoms with Crippen molar-refractivity contribution >= 4 is 11.6 Å². The van der Waals surface area contributed by atoms with E-state index in [4.69, 9.17) is 0 Å². The normalized spacial score (nSPS) is 16.8. The molecule has 3 rings (SSSR count). The molecule has 0 saturated heterocycles. The number of benzene rings is 1. The average Bonchev–Trinajstić information content (AvgIpc) is 2.40. The van der Waals surface area contributed by atoms with Crippen molar-refractivity contribution in [3.63, 3.8) is 0 Å². The van der Waals surface area contributed by atoms with Crippen LogP contribution in [0, 0.1) is 0 Å². The van der Waals surface area contributed by atoms with E-state index in [1.54, 1.807) is 12.4 Å². The van der Waals surface area contributed by atoms with Gasteiger partial charge in [-0.25, -0.2) is 0 Å². The number of aryl methyl sites for hydroxylation is 1. The summed E-state index contributed by atoms with van der Waals surface area (Å²) in [5, 5.41) is 0. The van der Waals surface area contributed by atoms with E-state index in [1.807, 2.05) is 6.07 Å². The second-order valence-corrected chi connectivity index (χ2v) is 4.29. The summed E-state index contributed by atoms with van der Waals surface area (Å²) < 4.78 is 0. The molecule has 0 fully saturated rings. The highest BCUT2D eigenvalue weighted by atomic mass is 14.8. The molecule has 1 aliphatic carbocycles. The second-order valence-electron chi connectivity index (χ2n) is 4.29. The molecule has 0 atom stereocenters. The van der Waals surface area contributed by atoms with Gasteiger partial charge in [-0.15, -0.1) is 0 Å². The van der Waals surface area contributed by atoms with Gasteiger partial charge in [-0.2, -0.15) is 0 Å². The van der Waals surface area contributed by atoms with Crippen molar-refractivity contribution in [3.05, 3.63) is 59.7 Å². The molecule has 0 spiro atoms. The van der Waals surface area contributed by atoms with Gasteiger partial charge < -0.3 is 0 Å². The van der Waals surface area contributed by atoms with Gasteiger partial charge in [0.1, 0.15) is 0 Å². The Labute approximate surface area is 101 Å². The highest BCUT2D eigenvalue weighted by Crippen LogP contribution is 2.29. The largest absolute Gasteiger partial charge is 0.257 e. The molecule has 1 heterocycles. The van der Waals surface area contributed by atoms with Gasteiger partial charge in [0.25, 0.3) is 0 Å². The van der Waals surface area contributed by atoms with E-state index in [0.29, 0.717) is 0 Å². The summed E-state index contributed by atoms with van der Waals surface area (Å²) in [4.78, 5) is 8.87. The Morgan fingerprint density at radius 3 is 2.65 bits per heavy atom. The zero-order valence-corrected chi connectivity index (χ0v) is 9.63. The molecule has 1 aliphatic rings. The van der Waals surface area contributed by atoms with Crippen LogP contribution in [0.15, 0.2) is 42.7 Å². The van der Waals surface area contributed by atoms with Gasteiger partial charge in [0.05, 0.1) is 11.4 Å². The second kappa shape index (κ2) is 4.50. The van der Waals surface area contributed by atoms with Gasteiger partial charge in [-0.3, -0.25) is 9.97 Å². The van der Waals surface area contributed by atoms with Crippen molar-refractivity contribution in [2.45, 2.75) is 19.3 Å². The van der Waals surface area contributed by atoms with Crippen molar-refractivity contribution in [1.82, 2.24) is 9.97 Å². The molecule has 0 aliphatic heterocycles. The molecule has 2 aromatic rings. The van der Waals surface area contributed by atoms with E-state index in [0.717, 1.165) is 24.2 Å². The molecule has 0 radical (unpaired) electrons. The quantitative estimate of drug-likeness (QED) is 0.739. The first-order valence-corrected chi connectivity index (χ1v) is 5.99. The van der Waals surface area contributed by atoms with Gasteiger partial charge >= 0.3 is 0 Å². The van der Waals surface area contributed by atoms with E-state index in [2.05, 4.69) is 40.3 Å². The van der Waals surface area contributed by atoms with Crippen molar-refractivity contribution in [2.24, 2.45) is 0 Å². The van der Waals surface area contributed by atoms with E-state index in [1.165, 1.54) is 17.6 Å². The minimum atomic E-state index is 1.05. The fourth-order valence-corrected chi connectivity index (χ4v) is 2.27. The van der Waals surface area contributed by atoms with Crippen LogP contribution in [-0.2, 0) is 6.42 Å². The van der Waals surface area contributed by atoms with Gasteiger partial charge in [0.2, 0.25) is 0 Å². The lowest BCUT2D eigenvalue weighted by Gasteiger charge is -2.16. The first-order chi connectivity index (χ1) is 8.43. The number of rotatable bonds is 1. The van der Waals surface area contributed by atoms with Crippen LogP contribution in [0.25, 0.3) is 11.6 Å². The summed E-state index contributed by atoms with van der Waals surface area (Å²) in [7, 11) is 0. The van der Waals surface area contributed by atoms with Crippen LogP contribution in [0.1, 0.15) is 29.8 Å². The lowest BCUT2D eigenvalue weighted by Crippen LogP contribution is -2.06. The van der Waals surface area contributed by atoms with Crippen molar-refractivity contribution in [2.75, 3.05) is 0 Å². The molecule has 0 saturated carbocycles. The predicted molar refractivity (Wildman–Crippen MR) is 69.3 cm³/mol. The van der Waals surface area contributed by atoms with Crippen LogP contribution in [0.4, 0.5) is 0 Å². The number of allylic oxidation sites excluding steroid dienone is 1. The Hall–Kier alpha value is -1.96. The zero-order valence-electron chi connectivity index (χ0n) is 9.63. The van der Waals surface area contributed by atoms with Crippen LogP contribution in [-0.4, -0.2) is 9.97 Å². The number of nitrogens with zero attached hydrogens (tertiary/aromatic N) is 2. The predicted octanol–water partition coefficient (Wildman–Crippen LogP) is 3.35. The molecule has 17 heavy (non-hydrogen) atoms. The molecule has 2 heteroatoms. The average molecular weight is 222 g/mol. The lowest BCUT2D eigenvalue weighted by atomic mass is 9.93. The maximum atomic E-state index is 4.47. The monoisotopic (exact) mass is 222 g/mol. The highest BCUT2D eigenvalue weighted by Gasteiger charge is 2.15. The minimum absolute atomic E-state index is 1.05. The summed E-state index contributed by atoms with van der Waals surface area (Å²) in [6, 6.07) is 10.4.